The van der Waals surface area contributed by atoms with Gasteiger partial charge in [-0.25, -0.2) is 4.79 Å². The van der Waals surface area contributed by atoms with E-state index in [4.69, 9.17) is 5.73 Å². The number of likely N-dealkylation sites (tertiary alicyclic amines) is 1. The first-order valence-corrected chi connectivity index (χ1v) is 7.63. The van der Waals surface area contributed by atoms with Crippen LogP contribution in [0.4, 0.5) is 10.5 Å². The summed E-state index contributed by atoms with van der Waals surface area (Å²) in [4.78, 5) is 14.1. The Bertz CT molecular complexity index is 452. The van der Waals surface area contributed by atoms with Gasteiger partial charge in [-0.15, -0.1) is 0 Å². The number of piperidine rings is 1. The summed E-state index contributed by atoms with van der Waals surface area (Å²) >= 11 is 0. The summed E-state index contributed by atoms with van der Waals surface area (Å²) in [5, 5.41) is 12.7. The number of carbonyl (C=O) groups is 1. The Morgan fingerprint density at radius 3 is 2.81 bits per heavy atom. The van der Waals surface area contributed by atoms with Crippen LogP contribution in [0.1, 0.15) is 26.2 Å². The Kier molecular flexibility index (Phi) is 5.59. The van der Waals surface area contributed by atoms with Crippen LogP contribution in [0, 0.1) is 5.92 Å². The molecule has 1 fully saturated rings. The van der Waals surface area contributed by atoms with Crippen LogP contribution in [0.25, 0.3) is 0 Å². The lowest BCUT2D eigenvalue weighted by Crippen LogP contribution is -2.51. The molecular formula is C16H25N3O2. The molecule has 1 aromatic rings. The van der Waals surface area contributed by atoms with Crippen molar-refractivity contribution in [3.05, 3.63) is 30.3 Å². The number of amides is 2. The van der Waals surface area contributed by atoms with E-state index in [9.17, 15) is 9.90 Å². The molecule has 0 radical (unpaired) electrons. The molecule has 0 aliphatic carbocycles. The number of nitrogens with two attached hydrogens (primary N) is 1. The second kappa shape index (κ2) is 7.43. The van der Waals surface area contributed by atoms with Crippen molar-refractivity contribution in [2.45, 2.75) is 38.3 Å². The highest BCUT2D eigenvalue weighted by Crippen LogP contribution is 2.22. The van der Waals surface area contributed by atoms with Crippen LogP contribution in [0.15, 0.2) is 30.3 Å². The molecule has 0 saturated carbocycles. The minimum Gasteiger partial charge on any atom is -0.393 e. The number of carbonyl (C=O) groups excluding carboxylic acids is 1. The average Bonchev–Trinajstić information content (AvgIpc) is 2.47. The van der Waals surface area contributed by atoms with Gasteiger partial charge < -0.3 is 21.1 Å². The van der Waals surface area contributed by atoms with Gasteiger partial charge >= 0.3 is 6.03 Å². The number of para-hydroxylation sites is 1. The highest BCUT2D eigenvalue weighted by molar-refractivity contribution is 5.89. The third-order valence-electron chi connectivity index (χ3n) is 3.96. The van der Waals surface area contributed by atoms with Gasteiger partial charge in [0, 0.05) is 24.8 Å². The first-order chi connectivity index (χ1) is 10.1. The van der Waals surface area contributed by atoms with E-state index in [0.717, 1.165) is 18.5 Å². The lowest BCUT2D eigenvalue weighted by Gasteiger charge is -2.37. The minimum atomic E-state index is -0.306. The van der Waals surface area contributed by atoms with E-state index in [1.807, 2.05) is 37.3 Å². The molecule has 1 aromatic carbocycles. The number of aliphatic hydroxyl groups is 1. The van der Waals surface area contributed by atoms with Gasteiger partial charge in [-0.3, -0.25) is 0 Å². The monoisotopic (exact) mass is 291 g/mol. The summed E-state index contributed by atoms with van der Waals surface area (Å²) in [6, 6.07) is 9.27. The van der Waals surface area contributed by atoms with E-state index in [1.54, 1.807) is 4.90 Å². The van der Waals surface area contributed by atoms with Crippen LogP contribution in [0.2, 0.25) is 0 Å². The van der Waals surface area contributed by atoms with Crippen molar-refractivity contribution in [1.29, 1.82) is 0 Å². The predicted octanol–water partition coefficient (Wildman–Crippen LogP) is 2.03. The van der Waals surface area contributed by atoms with Gasteiger partial charge in [0.2, 0.25) is 0 Å². The lowest BCUT2D eigenvalue weighted by atomic mass is 9.89. The van der Waals surface area contributed by atoms with Crippen molar-refractivity contribution >= 4 is 11.7 Å². The van der Waals surface area contributed by atoms with Crippen LogP contribution < -0.4 is 11.1 Å². The highest BCUT2D eigenvalue weighted by atomic mass is 16.3. The largest absolute Gasteiger partial charge is 0.393 e. The molecule has 2 amide bonds. The average molecular weight is 291 g/mol. The van der Waals surface area contributed by atoms with Gasteiger partial charge in [0.1, 0.15) is 0 Å². The van der Waals surface area contributed by atoms with E-state index in [-0.39, 0.29) is 24.1 Å². The minimum absolute atomic E-state index is 0.0191. The van der Waals surface area contributed by atoms with Crippen molar-refractivity contribution in [1.82, 2.24) is 4.90 Å². The number of hydrogen-bond acceptors (Lipinski definition) is 3. The molecule has 0 spiro atoms. The summed E-state index contributed by atoms with van der Waals surface area (Å²) in [7, 11) is 0. The van der Waals surface area contributed by atoms with E-state index >= 15 is 0 Å². The molecule has 5 nitrogen and oxygen atoms in total. The van der Waals surface area contributed by atoms with Gasteiger partial charge in [-0.2, -0.15) is 0 Å². The summed E-state index contributed by atoms with van der Waals surface area (Å²) in [5.41, 5.74) is 6.84. The maximum Gasteiger partial charge on any atom is 0.321 e. The number of nitrogens with zero attached hydrogens (tertiary/aromatic N) is 1. The first kappa shape index (κ1) is 15.8. The van der Waals surface area contributed by atoms with Crippen molar-refractivity contribution in [2.24, 2.45) is 11.7 Å². The summed E-state index contributed by atoms with van der Waals surface area (Å²) < 4.78 is 0. The molecule has 1 aliphatic rings. The van der Waals surface area contributed by atoms with Gasteiger partial charge in [0.15, 0.2) is 0 Å². The normalized spacial score (nSPS) is 23.7. The fraction of sp³-hybridized carbons (Fsp3) is 0.562. The Labute approximate surface area is 126 Å². The second-order valence-corrected chi connectivity index (χ2v) is 5.86. The fourth-order valence-corrected chi connectivity index (χ4v) is 2.86. The second-order valence-electron chi connectivity index (χ2n) is 5.86. The van der Waals surface area contributed by atoms with Crippen molar-refractivity contribution < 1.29 is 9.90 Å². The van der Waals surface area contributed by atoms with Crippen LogP contribution in [0.3, 0.4) is 0 Å². The first-order valence-electron chi connectivity index (χ1n) is 7.63. The van der Waals surface area contributed by atoms with Crippen LogP contribution in [-0.4, -0.2) is 41.3 Å². The number of aliphatic hydroxyl groups excluding tert-OH is 1. The number of urea groups is 1. The quantitative estimate of drug-likeness (QED) is 0.794. The van der Waals surface area contributed by atoms with E-state index in [2.05, 4.69) is 5.32 Å². The van der Waals surface area contributed by atoms with Crippen LogP contribution in [0.5, 0.6) is 0 Å². The van der Waals surface area contributed by atoms with Crippen LogP contribution >= 0.6 is 0 Å². The molecule has 1 heterocycles. The third kappa shape index (κ3) is 4.72. The molecule has 2 rings (SSSR count). The molecule has 1 saturated heterocycles. The Hall–Kier alpha value is -1.59. The van der Waals surface area contributed by atoms with E-state index < -0.39 is 0 Å². The summed E-state index contributed by atoms with van der Waals surface area (Å²) in [6.45, 7) is 3.19. The van der Waals surface area contributed by atoms with Crippen molar-refractivity contribution in [2.75, 3.05) is 18.4 Å². The van der Waals surface area contributed by atoms with Gasteiger partial charge in [-0.05, 0) is 37.3 Å². The Balaban J connectivity index is 1.93. The van der Waals surface area contributed by atoms with Crippen LogP contribution in [-0.2, 0) is 0 Å². The SMILES string of the molecule is CCC(O)CC1CC(N)CN(C(=O)Nc2ccccc2)C1. The molecule has 5 heteroatoms. The lowest BCUT2D eigenvalue weighted by molar-refractivity contribution is 0.102. The molecule has 3 atom stereocenters. The van der Waals surface area contributed by atoms with Crippen molar-refractivity contribution in [3.8, 4) is 0 Å². The summed E-state index contributed by atoms with van der Waals surface area (Å²) in [6.07, 6.45) is 2.01. The van der Waals surface area contributed by atoms with E-state index in [0.29, 0.717) is 19.5 Å². The molecule has 116 valence electrons. The molecule has 0 bridgehead atoms. The number of anilines is 1. The number of nitrogens with one attached hydrogen (secondary N) is 1. The Morgan fingerprint density at radius 1 is 1.43 bits per heavy atom. The zero-order chi connectivity index (χ0) is 15.2. The topological polar surface area (TPSA) is 78.6 Å². The van der Waals surface area contributed by atoms with E-state index in [1.165, 1.54) is 0 Å². The maximum absolute atomic E-state index is 12.3. The maximum atomic E-state index is 12.3. The highest BCUT2D eigenvalue weighted by Gasteiger charge is 2.29. The third-order valence-corrected chi connectivity index (χ3v) is 3.96. The zero-order valence-electron chi connectivity index (χ0n) is 12.5. The smallest absolute Gasteiger partial charge is 0.321 e. The zero-order valence-corrected chi connectivity index (χ0v) is 12.5. The molecule has 1 aliphatic heterocycles. The molecule has 4 N–H and O–H groups in total. The standard InChI is InChI=1S/C16H25N3O2/c1-2-15(20)9-12-8-13(17)11-19(10-12)16(21)18-14-6-4-3-5-7-14/h3-7,12-13,15,20H,2,8-11,17H2,1H3,(H,18,21). The fourth-order valence-electron chi connectivity index (χ4n) is 2.86. The molecule has 0 aromatic heterocycles. The summed E-state index contributed by atoms with van der Waals surface area (Å²) in [5.74, 6) is 0.269. The van der Waals surface area contributed by atoms with Crippen molar-refractivity contribution in [3.63, 3.8) is 0 Å². The Morgan fingerprint density at radius 2 is 2.14 bits per heavy atom. The van der Waals surface area contributed by atoms with Gasteiger partial charge in [0.25, 0.3) is 0 Å². The molecule has 3 unspecified atom stereocenters. The number of hydrogen-bond donors (Lipinski definition) is 3. The molecular weight excluding hydrogens is 266 g/mol. The number of rotatable bonds is 4. The molecule has 21 heavy (non-hydrogen) atoms. The van der Waals surface area contributed by atoms with Gasteiger partial charge in [0.05, 0.1) is 6.10 Å². The predicted molar refractivity (Wildman–Crippen MR) is 84.0 cm³/mol. The van der Waals surface area contributed by atoms with Gasteiger partial charge in [-0.1, -0.05) is 25.1 Å². The number of benzene rings is 1.